The van der Waals surface area contributed by atoms with Crippen LogP contribution in [0.1, 0.15) is 29.9 Å². The second-order valence-corrected chi connectivity index (χ2v) is 5.25. The molecule has 0 atom stereocenters. The van der Waals surface area contributed by atoms with Crippen molar-refractivity contribution < 1.29 is 9.53 Å². The van der Waals surface area contributed by atoms with E-state index in [1.54, 1.807) is 18.2 Å². The molecule has 1 heterocycles. The molecule has 0 aliphatic heterocycles. The summed E-state index contributed by atoms with van der Waals surface area (Å²) in [6.45, 7) is 6.63. The van der Waals surface area contributed by atoms with Crippen molar-refractivity contribution in [2.75, 3.05) is 13.2 Å². The van der Waals surface area contributed by atoms with Crippen molar-refractivity contribution in [1.82, 2.24) is 10.3 Å². The monoisotopic (exact) mass is 288 g/mol. The van der Waals surface area contributed by atoms with E-state index in [0.717, 1.165) is 11.2 Å². The highest BCUT2D eigenvalue weighted by Crippen LogP contribution is 2.11. The Kier molecular flexibility index (Phi) is 4.75. The van der Waals surface area contributed by atoms with Crippen molar-refractivity contribution in [2.45, 2.75) is 26.9 Å². The van der Waals surface area contributed by atoms with Gasteiger partial charge in [-0.05, 0) is 39.0 Å². The lowest BCUT2D eigenvalue weighted by atomic mass is 10.1. The SMILES string of the molecule is Cc1cc(=O)c2cc(C(=O)NCCOC(C)C)ccc2[nH]1. The minimum Gasteiger partial charge on any atom is -0.377 e. The van der Waals surface area contributed by atoms with E-state index in [2.05, 4.69) is 10.3 Å². The van der Waals surface area contributed by atoms with E-state index in [4.69, 9.17) is 4.74 Å². The van der Waals surface area contributed by atoms with E-state index >= 15 is 0 Å². The number of amides is 1. The van der Waals surface area contributed by atoms with Gasteiger partial charge in [0, 0.05) is 34.8 Å². The van der Waals surface area contributed by atoms with Crippen LogP contribution in [0.5, 0.6) is 0 Å². The first-order chi connectivity index (χ1) is 9.97. The predicted molar refractivity (Wildman–Crippen MR) is 82.7 cm³/mol. The number of benzene rings is 1. The lowest BCUT2D eigenvalue weighted by Crippen LogP contribution is -2.28. The summed E-state index contributed by atoms with van der Waals surface area (Å²) in [5.41, 5.74) is 1.93. The third-order valence-corrected chi connectivity index (χ3v) is 3.07. The summed E-state index contributed by atoms with van der Waals surface area (Å²) in [5, 5.41) is 3.29. The molecule has 0 aliphatic rings. The second kappa shape index (κ2) is 6.54. The summed E-state index contributed by atoms with van der Waals surface area (Å²) in [6.07, 6.45) is 0.143. The van der Waals surface area contributed by atoms with Crippen LogP contribution in [-0.4, -0.2) is 30.1 Å². The number of aromatic nitrogens is 1. The highest BCUT2D eigenvalue weighted by molar-refractivity contribution is 5.97. The molecule has 1 amide bonds. The van der Waals surface area contributed by atoms with Gasteiger partial charge in [-0.1, -0.05) is 0 Å². The molecule has 1 aromatic carbocycles. The number of carbonyl (C=O) groups is 1. The first-order valence-corrected chi connectivity index (χ1v) is 7.01. The molecule has 0 aliphatic carbocycles. The maximum Gasteiger partial charge on any atom is 0.251 e. The van der Waals surface area contributed by atoms with Gasteiger partial charge in [0.25, 0.3) is 5.91 Å². The topological polar surface area (TPSA) is 71.2 Å². The van der Waals surface area contributed by atoms with E-state index in [-0.39, 0.29) is 17.4 Å². The average molecular weight is 288 g/mol. The number of rotatable bonds is 5. The van der Waals surface area contributed by atoms with Crippen LogP contribution in [0.25, 0.3) is 10.9 Å². The molecule has 0 saturated heterocycles. The minimum absolute atomic E-state index is 0.0842. The standard InChI is InChI=1S/C16H20N2O3/c1-10(2)21-7-6-17-16(20)12-4-5-14-13(9-12)15(19)8-11(3)18-14/h4-5,8-10H,6-7H2,1-3H3,(H,17,20)(H,18,19). The highest BCUT2D eigenvalue weighted by Gasteiger charge is 2.08. The van der Waals surface area contributed by atoms with Crippen LogP contribution in [-0.2, 0) is 4.74 Å². The summed E-state index contributed by atoms with van der Waals surface area (Å²) in [4.78, 5) is 27.1. The third kappa shape index (κ3) is 3.92. The summed E-state index contributed by atoms with van der Waals surface area (Å²) in [7, 11) is 0. The van der Waals surface area contributed by atoms with Crippen LogP contribution in [0.2, 0.25) is 0 Å². The number of ether oxygens (including phenoxy) is 1. The number of hydrogen-bond acceptors (Lipinski definition) is 3. The van der Waals surface area contributed by atoms with Gasteiger partial charge in [0.2, 0.25) is 0 Å². The quantitative estimate of drug-likeness (QED) is 0.827. The van der Waals surface area contributed by atoms with E-state index in [1.807, 2.05) is 20.8 Å². The Morgan fingerprint density at radius 1 is 1.33 bits per heavy atom. The number of hydrogen-bond donors (Lipinski definition) is 2. The Morgan fingerprint density at radius 2 is 2.10 bits per heavy atom. The fraction of sp³-hybridized carbons (Fsp3) is 0.375. The van der Waals surface area contributed by atoms with Crippen LogP contribution < -0.4 is 10.7 Å². The van der Waals surface area contributed by atoms with Crippen molar-refractivity contribution in [3.63, 3.8) is 0 Å². The highest BCUT2D eigenvalue weighted by atomic mass is 16.5. The summed E-state index contributed by atoms with van der Waals surface area (Å²) < 4.78 is 5.36. The zero-order valence-electron chi connectivity index (χ0n) is 12.5. The maximum absolute atomic E-state index is 12.0. The maximum atomic E-state index is 12.0. The van der Waals surface area contributed by atoms with Gasteiger partial charge in [-0.2, -0.15) is 0 Å². The molecule has 21 heavy (non-hydrogen) atoms. The van der Waals surface area contributed by atoms with E-state index in [1.165, 1.54) is 6.07 Å². The van der Waals surface area contributed by atoms with Crippen molar-refractivity contribution in [2.24, 2.45) is 0 Å². The molecule has 0 unspecified atom stereocenters. The Morgan fingerprint density at radius 3 is 2.81 bits per heavy atom. The molecule has 0 saturated carbocycles. The normalized spacial score (nSPS) is 11.0. The molecular weight excluding hydrogens is 268 g/mol. The minimum atomic E-state index is -0.204. The van der Waals surface area contributed by atoms with E-state index in [0.29, 0.717) is 24.1 Å². The first-order valence-electron chi connectivity index (χ1n) is 7.01. The van der Waals surface area contributed by atoms with Crippen LogP contribution in [0.4, 0.5) is 0 Å². The van der Waals surface area contributed by atoms with Gasteiger partial charge >= 0.3 is 0 Å². The Balaban J connectivity index is 2.12. The largest absolute Gasteiger partial charge is 0.377 e. The fourth-order valence-electron chi connectivity index (χ4n) is 2.08. The van der Waals surface area contributed by atoms with E-state index < -0.39 is 0 Å². The molecular formula is C16H20N2O3. The molecule has 0 spiro atoms. The van der Waals surface area contributed by atoms with Crippen molar-refractivity contribution in [3.8, 4) is 0 Å². The van der Waals surface area contributed by atoms with Crippen molar-refractivity contribution >= 4 is 16.8 Å². The number of carbonyl (C=O) groups excluding carboxylic acids is 1. The van der Waals surface area contributed by atoms with Crippen molar-refractivity contribution in [1.29, 1.82) is 0 Å². The second-order valence-electron chi connectivity index (χ2n) is 5.25. The molecule has 2 N–H and O–H groups in total. The van der Waals surface area contributed by atoms with Crippen LogP contribution in [0.3, 0.4) is 0 Å². The molecule has 0 radical (unpaired) electrons. The van der Waals surface area contributed by atoms with Gasteiger partial charge in [-0.15, -0.1) is 0 Å². The molecule has 112 valence electrons. The smallest absolute Gasteiger partial charge is 0.251 e. The molecule has 1 aromatic heterocycles. The van der Waals surface area contributed by atoms with Gasteiger partial charge < -0.3 is 15.0 Å². The van der Waals surface area contributed by atoms with Crippen LogP contribution in [0.15, 0.2) is 29.1 Å². The lowest BCUT2D eigenvalue weighted by Gasteiger charge is -2.09. The molecule has 2 rings (SSSR count). The molecule has 5 nitrogen and oxygen atoms in total. The molecule has 0 fully saturated rings. The Hall–Kier alpha value is -2.14. The number of pyridine rings is 1. The summed E-state index contributed by atoms with van der Waals surface area (Å²) in [6, 6.07) is 6.60. The Labute approximate surface area is 123 Å². The van der Waals surface area contributed by atoms with Crippen LogP contribution >= 0.6 is 0 Å². The number of aromatic amines is 1. The molecule has 2 aromatic rings. The van der Waals surface area contributed by atoms with Gasteiger partial charge in [0.15, 0.2) is 5.43 Å². The molecule has 0 bridgehead atoms. The fourth-order valence-corrected chi connectivity index (χ4v) is 2.08. The van der Waals surface area contributed by atoms with Gasteiger partial charge in [0.1, 0.15) is 0 Å². The first kappa shape index (κ1) is 15.3. The van der Waals surface area contributed by atoms with Gasteiger partial charge in [0.05, 0.1) is 12.7 Å². The zero-order valence-corrected chi connectivity index (χ0v) is 12.5. The zero-order chi connectivity index (χ0) is 15.4. The van der Waals surface area contributed by atoms with Gasteiger partial charge in [-0.3, -0.25) is 9.59 Å². The molecule has 5 heteroatoms. The van der Waals surface area contributed by atoms with Gasteiger partial charge in [-0.25, -0.2) is 0 Å². The van der Waals surface area contributed by atoms with Crippen LogP contribution in [0, 0.1) is 6.92 Å². The van der Waals surface area contributed by atoms with Crippen molar-refractivity contribution in [3.05, 3.63) is 45.7 Å². The number of H-pyrrole nitrogens is 1. The Bertz CT molecular complexity index is 704. The number of aryl methyl sites for hydroxylation is 1. The predicted octanol–water partition coefficient (Wildman–Crippen LogP) is 1.99. The number of nitrogens with one attached hydrogen (secondary N) is 2. The third-order valence-electron chi connectivity index (χ3n) is 3.07. The number of fused-ring (bicyclic) bond motifs is 1. The van der Waals surface area contributed by atoms with E-state index in [9.17, 15) is 9.59 Å². The lowest BCUT2D eigenvalue weighted by molar-refractivity contribution is 0.0746. The average Bonchev–Trinajstić information content (AvgIpc) is 2.42. The summed E-state index contributed by atoms with van der Waals surface area (Å²) in [5.74, 6) is -0.204. The summed E-state index contributed by atoms with van der Waals surface area (Å²) >= 11 is 0.